The zero-order valence-corrected chi connectivity index (χ0v) is 22.6. The number of ether oxygens (including phenoxy) is 2. The number of nitrogens with one attached hydrogen (secondary N) is 2. The molecule has 3 amide bonds. The molecule has 1 aromatic rings. The molecule has 3 unspecified atom stereocenters. The van der Waals surface area contributed by atoms with Crippen LogP contribution in [0.2, 0.25) is 0 Å². The van der Waals surface area contributed by atoms with E-state index in [-0.39, 0.29) is 5.75 Å². The second-order valence-electron chi connectivity index (χ2n) is 10.2. The van der Waals surface area contributed by atoms with Crippen molar-refractivity contribution in [3.63, 3.8) is 0 Å². The van der Waals surface area contributed by atoms with E-state index in [1.54, 1.807) is 32.9 Å². The smallest absolute Gasteiger partial charge is 0.408 e. The van der Waals surface area contributed by atoms with Gasteiger partial charge in [-0.3, -0.25) is 14.4 Å². The van der Waals surface area contributed by atoms with Crippen molar-refractivity contribution >= 4 is 23.9 Å². The van der Waals surface area contributed by atoms with Gasteiger partial charge in [0.25, 0.3) is 0 Å². The summed E-state index contributed by atoms with van der Waals surface area (Å²) in [5.41, 5.74) is -0.402. The Morgan fingerprint density at radius 1 is 1.06 bits per heavy atom. The van der Waals surface area contributed by atoms with Crippen LogP contribution in [-0.4, -0.2) is 65.2 Å². The van der Waals surface area contributed by atoms with Gasteiger partial charge >= 0.3 is 12.1 Å². The summed E-state index contributed by atoms with van der Waals surface area (Å²) < 4.78 is 9.89. The van der Waals surface area contributed by atoms with Crippen LogP contribution >= 0.6 is 0 Å². The summed E-state index contributed by atoms with van der Waals surface area (Å²) in [7, 11) is 1.20. The molecule has 1 rings (SSSR count). The molecule has 0 aliphatic rings. The minimum Gasteiger partial charge on any atom is -0.508 e. The number of carbonyl (C=O) groups excluding carboxylic acids is 4. The van der Waals surface area contributed by atoms with Gasteiger partial charge in [0.05, 0.1) is 7.11 Å². The van der Waals surface area contributed by atoms with E-state index >= 15 is 0 Å². The second kappa shape index (κ2) is 13.7. The number of esters is 1. The summed E-state index contributed by atoms with van der Waals surface area (Å²) in [6.07, 6.45) is 0.611. The fraction of sp³-hybridized carbons (Fsp3) is 0.615. The predicted molar refractivity (Wildman–Crippen MR) is 135 cm³/mol. The molecule has 0 aliphatic heterocycles. The van der Waals surface area contributed by atoms with E-state index in [0.29, 0.717) is 17.9 Å². The van der Waals surface area contributed by atoms with Crippen molar-refractivity contribution in [1.82, 2.24) is 15.5 Å². The van der Waals surface area contributed by atoms with Crippen LogP contribution in [0.3, 0.4) is 0 Å². The van der Waals surface area contributed by atoms with Crippen LogP contribution in [0.1, 0.15) is 72.9 Å². The molecule has 36 heavy (non-hydrogen) atoms. The van der Waals surface area contributed by atoms with E-state index in [0.717, 1.165) is 6.42 Å². The Hall–Kier alpha value is -3.30. The van der Waals surface area contributed by atoms with Gasteiger partial charge in [-0.25, -0.2) is 4.79 Å². The lowest BCUT2D eigenvalue weighted by Crippen LogP contribution is -2.55. The van der Waals surface area contributed by atoms with Crippen molar-refractivity contribution in [2.45, 2.75) is 85.0 Å². The summed E-state index contributed by atoms with van der Waals surface area (Å²) in [6.45, 7) is 12.2. The summed E-state index contributed by atoms with van der Waals surface area (Å²) in [6, 6.07) is 3.41. The van der Waals surface area contributed by atoms with Crippen LogP contribution < -0.4 is 10.6 Å². The maximum atomic E-state index is 13.8. The minimum atomic E-state index is -1.18. The molecular weight excluding hydrogens is 466 g/mol. The molecule has 10 nitrogen and oxygen atoms in total. The molecule has 0 aromatic heterocycles. The highest BCUT2D eigenvalue weighted by Gasteiger charge is 2.37. The number of phenols is 1. The molecule has 0 saturated heterocycles. The number of amides is 3. The largest absolute Gasteiger partial charge is 0.508 e. The number of hydrogen-bond acceptors (Lipinski definition) is 7. The maximum Gasteiger partial charge on any atom is 0.408 e. The van der Waals surface area contributed by atoms with E-state index in [9.17, 15) is 24.3 Å². The Morgan fingerprint density at radius 2 is 1.69 bits per heavy atom. The lowest BCUT2D eigenvalue weighted by Gasteiger charge is -2.38. The first-order valence-corrected chi connectivity index (χ1v) is 12.1. The van der Waals surface area contributed by atoms with Gasteiger partial charge in [0, 0.05) is 6.04 Å². The highest BCUT2D eigenvalue weighted by atomic mass is 16.6. The van der Waals surface area contributed by atoms with Gasteiger partial charge in [0.15, 0.2) is 0 Å². The fourth-order valence-electron chi connectivity index (χ4n) is 3.54. The zero-order chi connectivity index (χ0) is 27.6. The first kappa shape index (κ1) is 30.7. The van der Waals surface area contributed by atoms with Gasteiger partial charge < -0.3 is 30.1 Å². The molecule has 10 heteroatoms. The molecule has 0 fully saturated rings. The SMILES string of the molecule is COC(=O)CNC(=O)C(c1cccc(O)c1)N(C(=O)C(C)NC(=O)OC(C)(C)C)C(C)CCC(C)C. The van der Waals surface area contributed by atoms with Gasteiger partial charge in [-0.15, -0.1) is 0 Å². The summed E-state index contributed by atoms with van der Waals surface area (Å²) in [4.78, 5) is 52.5. The quantitative estimate of drug-likeness (QED) is 0.391. The number of phenolic OH excluding ortho intramolecular Hbond substituents is 1. The first-order valence-electron chi connectivity index (χ1n) is 12.1. The molecule has 1 aromatic carbocycles. The van der Waals surface area contributed by atoms with Gasteiger partial charge in [0.2, 0.25) is 11.8 Å². The summed E-state index contributed by atoms with van der Waals surface area (Å²) >= 11 is 0. The number of hydrogen-bond donors (Lipinski definition) is 3. The average molecular weight is 508 g/mol. The lowest BCUT2D eigenvalue weighted by molar-refractivity contribution is -0.146. The third-order valence-electron chi connectivity index (χ3n) is 5.34. The van der Waals surface area contributed by atoms with Crippen molar-refractivity contribution in [3.05, 3.63) is 29.8 Å². The van der Waals surface area contributed by atoms with Gasteiger partial charge in [-0.2, -0.15) is 0 Å². The third-order valence-corrected chi connectivity index (χ3v) is 5.34. The van der Waals surface area contributed by atoms with E-state index in [1.165, 1.54) is 31.1 Å². The lowest BCUT2D eigenvalue weighted by atomic mass is 9.97. The van der Waals surface area contributed by atoms with Gasteiger partial charge in [0.1, 0.15) is 30.0 Å². The Morgan fingerprint density at radius 3 is 2.22 bits per heavy atom. The van der Waals surface area contributed by atoms with E-state index in [4.69, 9.17) is 4.74 Å². The first-order chi connectivity index (χ1) is 16.7. The van der Waals surface area contributed by atoms with Crippen molar-refractivity contribution in [1.29, 1.82) is 0 Å². The van der Waals surface area contributed by atoms with Crippen molar-refractivity contribution < 1.29 is 33.8 Å². The maximum absolute atomic E-state index is 13.8. The minimum absolute atomic E-state index is 0.0829. The Kier molecular flexibility index (Phi) is 11.7. The number of rotatable bonds is 11. The number of alkyl carbamates (subject to hydrolysis) is 1. The highest BCUT2D eigenvalue weighted by Crippen LogP contribution is 2.29. The second-order valence-corrected chi connectivity index (χ2v) is 10.2. The number of methoxy groups -OCH3 is 1. The molecule has 0 spiro atoms. The molecule has 0 heterocycles. The fourth-order valence-corrected chi connectivity index (χ4v) is 3.54. The van der Waals surface area contributed by atoms with Crippen LogP contribution in [0.15, 0.2) is 24.3 Å². The summed E-state index contributed by atoms with van der Waals surface area (Å²) in [5, 5.41) is 15.1. The van der Waals surface area contributed by atoms with E-state index in [1.807, 2.05) is 6.92 Å². The van der Waals surface area contributed by atoms with Crippen molar-refractivity contribution in [2.24, 2.45) is 5.92 Å². The Balaban J connectivity index is 3.43. The number of aromatic hydroxyl groups is 1. The topological polar surface area (TPSA) is 134 Å². The third kappa shape index (κ3) is 10.1. The van der Waals surface area contributed by atoms with Gasteiger partial charge in [-0.1, -0.05) is 26.0 Å². The molecular formula is C26H41N3O7. The number of benzene rings is 1. The number of nitrogens with zero attached hydrogens (tertiary/aromatic N) is 1. The van der Waals surface area contributed by atoms with Crippen LogP contribution in [0.4, 0.5) is 4.79 Å². The van der Waals surface area contributed by atoms with Crippen molar-refractivity contribution in [3.8, 4) is 5.75 Å². The zero-order valence-electron chi connectivity index (χ0n) is 22.6. The monoisotopic (exact) mass is 507 g/mol. The van der Waals surface area contributed by atoms with Crippen LogP contribution in [0, 0.1) is 5.92 Å². The van der Waals surface area contributed by atoms with Crippen molar-refractivity contribution in [2.75, 3.05) is 13.7 Å². The molecule has 3 atom stereocenters. The summed E-state index contributed by atoms with van der Waals surface area (Å²) in [5.74, 6) is -1.52. The Bertz CT molecular complexity index is 911. The van der Waals surface area contributed by atoms with Crippen LogP contribution in [0.5, 0.6) is 5.75 Å². The van der Waals surface area contributed by atoms with E-state index in [2.05, 4.69) is 29.2 Å². The van der Waals surface area contributed by atoms with Crippen LogP contribution in [0.25, 0.3) is 0 Å². The van der Waals surface area contributed by atoms with Gasteiger partial charge in [-0.05, 0) is 71.1 Å². The molecule has 3 N–H and O–H groups in total. The molecule has 0 aliphatic carbocycles. The Labute approximate surface area is 213 Å². The molecule has 0 bridgehead atoms. The molecule has 0 radical (unpaired) electrons. The molecule has 202 valence electrons. The number of carbonyl (C=O) groups is 4. The standard InChI is InChI=1S/C26H41N3O7/c1-16(2)12-13-17(3)29(24(33)18(4)28-25(34)36-26(5,6)7)22(19-10-9-11-20(30)14-19)23(32)27-15-21(31)35-8/h9-11,14,16-18,22,30H,12-13,15H2,1-8H3,(H,27,32)(H,28,34). The molecule has 0 saturated carbocycles. The highest BCUT2D eigenvalue weighted by molar-refractivity contribution is 5.93. The van der Waals surface area contributed by atoms with E-state index < -0.39 is 54.1 Å². The normalized spacial score (nSPS) is 13.8. The van der Waals surface area contributed by atoms with Crippen LogP contribution in [-0.2, 0) is 23.9 Å². The average Bonchev–Trinajstić information content (AvgIpc) is 2.77. The predicted octanol–water partition coefficient (Wildman–Crippen LogP) is 3.29.